The van der Waals surface area contributed by atoms with Crippen molar-refractivity contribution in [1.82, 2.24) is 0 Å². The molecule has 0 aromatic heterocycles. The van der Waals surface area contributed by atoms with Crippen LogP contribution in [0.15, 0.2) is 42.5 Å². The molecule has 0 bridgehead atoms. The van der Waals surface area contributed by atoms with Crippen molar-refractivity contribution in [3.05, 3.63) is 64.2 Å². The Morgan fingerprint density at radius 3 is 2.61 bits per heavy atom. The van der Waals surface area contributed by atoms with Crippen molar-refractivity contribution in [1.29, 1.82) is 0 Å². The van der Waals surface area contributed by atoms with Gasteiger partial charge in [-0.2, -0.15) is 0 Å². The Balaban J connectivity index is 1.92. The first kappa shape index (κ1) is 17.4. The molecule has 0 saturated carbocycles. The van der Waals surface area contributed by atoms with Gasteiger partial charge in [0.15, 0.2) is 0 Å². The molecule has 0 aliphatic rings. The van der Waals surface area contributed by atoms with Gasteiger partial charge in [-0.15, -0.1) is 11.8 Å². The average Bonchev–Trinajstić information content (AvgIpc) is 2.51. The number of carboxylic acid groups (broad SMARTS) is 1. The molecule has 1 amide bonds. The Morgan fingerprint density at radius 2 is 1.91 bits per heavy atom. The standard InChI is InChI=1S/C17H16ClNO3S/c1-11-13(17(21)22)6-4-8-15(11)19-16(20)10-23-9-12-5-2-3-7-14(12)18/h2-8H,9-10H2,1H3,(H,19,20)(H,21,22)/p-1. The highest BCUT2D eigenvalue weighted by atomic mass is 35.5. The van der Waals surface area contributed by atoms with E-state index >= 15 is 0 Å². The lowest BCUT2D eigenvalue weighted by molar-refractivity contribution is -0.255. The minimum absolute atomic E-state index is 0.0755. The molecule has 2 aromatic carbocycles. The van der Waals surface area contributed by atoms with E-state index in [1.807, 2.05) is 24.3 Å². The quantitative estimate of drug-likeness (QED) is 0.871. The molecule has 0 aliphatic heterocycles. The third-order valence-electron chi connectivity index (χ3n) is 3.28. The lowest BCUT2D eigenvalue weighted by Gasteiger charge is -2.13. The van der Waals surface area contributed by atoms with Crippen LogP contribution in [-0.2, 0) is 10.5 Å². The van der Waals surface area contributed by atoms with Gasteiger partial charge in [-0.3, -0.25) is 4.79 Å². The van der Waals surface area contributed by atoms with Gasteiger partial charge in [0.05, 0.1) is 11.7 Å². The average molecular weight is 349 g/mol. The lowest BCUT2D eigenvalue weighted by atomic mass is 10.1. The van der Waals surface area contributed by atoms with Gasteiger partial charge in [0, 0.05) is 22.0 Å². The number of rotatable bonds is 6. The zero-order valence-corrected chi connectivity index (χ0v) is 14.0. The smallest absolute Gasteiger partial charge is 0.234 e. The number of nitrogens with one attached hydrogen (secondary N) is 1. The van der Waals surface area contributed by atoms with Crippen LogP contribution in [0.1, 0.15) is 21.5 Å². The molecule has 23 heavy (non-hydrogen) atoms. The molecule has 2 rings (SSSR count). The predicted octanol–water partition coefficient (Wildman–Crippen LogP) is 2.88. The van der Waals surface area contributed by atoms with Crippen molar-refractivity contribution in [2.24, 2.45) is 0 Å². The number of amides is 1. The molecule has 0 atom stereocenters. The van der Waals surface area contributed by atoms with Crippen LogP contribution in [0.3, 0.4) is 0 Å². The van der Waals surface area contributed by atoms with Crippen LogP contribution in [-0.4, -0.2) is 17.6 Å². The van der Waals surface area contributed by atoms with E-state index in [1.54, 1.807) is 19.1 Å². The number of hydrogen-bond donors (Lipinski definition) is 1. The SMILES string of the molecule is Cc1c(NC(=O)CSCc2ccccc2Cl)cccc1C(=O)[O-]. The van der Waals surface area contributed by atoms with Crippen LogP contribution in [0.4, 0.5) is 5.69 Å². The minimum atomic E-state index is -1.26. The van der Waals surface area contributed by atoms with Crippen molar-refractivity contribution in [2.45, 2.75) is 12.7 Å². The van der Waals surface area contributed by atoms with Crippen LogP contribution in [0.2, 0.25) is 5.02 Å². The summed E-state index contributed by atoms with van der Waals surface area (Å²) < 4.78 is 0. The van der Waals surface area contributed by atoms with Crippen molar-refractivity contribution in [3.63, 3.8) is 0 Å². The number of carbonyl (C=O) groups is 2. The van der Waals surface area contributed by atoms with E-state index in [0.29, 0.717) is 22.0 Å². The molecule has 2 aromatic rings. The summed E-state index contributed by atoms with van der Waals surface area (Å²) in [5.74, 6) is -0.571. The highest BCUT2D eigenvalue weighted by Crippen LogP contribution is 2.22. The van der Waals surface area contributed by atoms with Gasteiger partial charge in [-0.05, 0) is 30.2 Å². The van der Waals surface area contributed by atoms with Gasteiger partial charge in [-0.25, -0.2) is 0 Å². The topological polar surface area (TPSA) is 69.2 Å². The zero-order chi connectivity index (χ0) is 16.8. The summed E-state index contributed by atoms with van der Waals surface area (Å²) in [6.07, 6.45) is 0. The summed E-state index contributed by atoms with van der Waals surface area (Å²) in [6, 6.07) is 12.2. The Bertz CT molecular complexity index is 734. The van der Waals surface area contributed by atoms with Gasteiger partial charge in [0.2, 0.25) is 5.91 Å². The van der Waals surface area contributed by atoms with Crippen LogP contribution in [0.25, 0.3) is 0 Å². The maximum Gasteiger partial charge on any atom is 0.234 e. The predicted molar refractivity (Wildman–Crippen MR) is 91.8 cm³/mol. The molecule has 0 aliphatic carbocycles. The summed E-state index contributed by atoms with van der Waals surface area (Å²) in [6.45, 7) is 1.64. The summed E-state index contributed by atoms with van der Waals surface area (Å²) >= 11 is 7.50. The molecule has 0 saturated heterocycles. The fourth-order valence-electron chi connectivity index (χ4n) is 2.05. The molecule has 0 fully saturated rings. The number of aromatic carboxylic acids is 1. The highest BCUT2D eigenvalue weighted by Gasteiger charge is 2.09. The normalized spacial score (nSPS) is 10.3. The molecule has 6 heteroatoms. The molecule has 4 nitrogen and oxygen atoms in total. The number of anilines is 1. The van der Waals surface area contributed by atoms with Crippen LogP contribution in [0.5, 0.6) is 0 Å². The highest BCUT2D eigenvalue weighted by molar-refractivity contribution is 7.99. The number of benzene rings is 2. The Morgan fingerprint density at radius 1 is 1.17 bits per heavy atom. The van der Waals surface area contributed by atoms with E-state index in [2.05, 4.69) is 5.32 Å². The second kappa shape index (κ2) is 8.04. The molecule has 0 radical (unpaired) electrons. The molecular formula is C17H15ClNO3S-. The van der Waals surface area contributed by atoms with Crippen molar-refractivity contribution < 1.29 is 14.7 Å². The second-order valence-corrected chi connectivity index (χ2v) is 6.29. The van der Waals surface area contributed by atoms with Gasteiger partial charge in [0.25, 0.3) is 0 Å². The van der Waals surface area contributed by atoms with Gasteiger partial charge in [0.1, 0.15) is 0 Å². The molecule has 0 spiro atoms. The summed E-state index contributed by atoms with van der Waals surface area (Å²) in [4.78, 5) is 23.0. The summed E-state index contributed by atoms with van der Waals surface area (Å²) in [5, 5.41) is 14.4. The first-order chi connectivity index (χ1) is 11.0. The summed E-state index contributed by atoms with van der Waals surface area (Å²) in [7, 11) is 0. The van der Waals surface area contributed by atoms with Gasteiger partial charge < -0.3 is 15.2 Å². The van der Waals surface area contributed by atoms with Crippen LogP contribution < -0.4 is 10.4 Å². The Hall–Kier alpha value is -1.98. The number of carboxylic acids is 1. The van der Waals surface area contributed by atoms with Crippen molar-refractivity contribution >= 4 is 40.9 Å². The van der Waals surface area contributed by atoms with E-state index in [4.69, 9.17) is 11.6 Å². The molecule has 0 unspecified atom stereocenters. The molecule has 0 heterocycles. The monoisotopic (exact) mass is 348 g/mol. The summed E-state index contributed by atoms with van der Waals surface area (Å²) in [5.41, 5.74) is 2.01. The number of carbonyl (C=O) groups excluding carboxylic acids is 2. The van der Waals surface area contributed by atoms with E-state index < -0.39 is 5.97 Å². The van der Waals surface area contributed by atoms with E-state index in [0.717, 1.165) is 5.56 Å². The lowest BCUT2D eigenvalue weighted by Crippen LogP contribution is -2.24. The Kier molecular flexibility index (Phi) is 6.07. The van der Waals surface area contributed by atoms with E-state index in [9.17, 15) is 14.7 Å². The maximum absolute atomic E-state index is 12.0. The largest absolute Gasteiger partial charge is 0.545 e. The van der Waals surface area contributed by atoms with Crippen LogP contribution in [0, 0.1) is 6.92 Å². The van der Waals surface area contributed by atoms with Crippen molar-refractivity contribution in [3.8, 4) is 0 Å². The fraction of sp³-hybridized carbons (Fsp3) is 0.176. The fourth-order valence-corrected chi connectivity index (χ4v) is 3.16. The van der Waals surface area contributed by atoms with Gasteiger partial charge >= 0.3 is 0 Å². The first-order valence-electron chi connectivity index (χ1n) is 6.91. The number of thioether (sulfide) groups is 1. The molecular weight excluding hydrogens is 334 g/mol. The maximum atomic E-state index is 12.0. The third kappa shape index (κ3) is 4.74. The third-order valence-corrected chi connectivity index (χ3v) is 4.63. The molecule has 120 valence electrons. The zero-order valence-electron chi connectivity index (χ0n) is 12.5. The minimum Gasteiger partial charge on any atom is -0.545 e. The van der Waals surface area contributed by atoms with Crippen molar-refractivity contribution in [2.75, 3.05) is 11.1 Å². The number of halogens is 1. The second-order valence-electron chi connectivity index (χ2n) is 4.90. The first-order valence-corrected chi connectivity index (χ1v) is 8.44. The van der Waals surface area contributed by atoms with Gasteiger partial charge in [-0.1, -0.05) is 41.9 Å². The number of hydrogen-bond acceptors (Lipinski definition) is 4. The van der Waals surface area contributed by atoms with E-state index in [1.165, 1.54) is 17.8 Å². The molecule has 1 N–H and O–H groups in total. The van der Waals surface area contributed by atoms with E-state index in [-0.39, 0.29) is 17.2 Å². The van der Waals surface area contributed by atoms with Crippen LogP contribution >= 0.6 is 23.4 Å². The Labute approximate surface area is 143 Å².